The Labute approximate surface area is 113 Å². The van der Waals surface area contributed by atoms with Gasteiger partial charge in [-0.25, -0.2) is 0 Å². The zero-order chi connectivity index (χ0) is 13.9. The largest absolute Gasteiger partial charge is 0.396 e. The number of nitrogens with one attached hydrogen (secondary N) is 1. The van der Waals surface area contributed by atoms with Gasteiger partial charge in [-0.3, -0.25) is 4.68 Å². The van der Waals surface area contributed by atoms with E-state index >= 15 is 0 Å². The molecule has 1 aromatic rings. The van der Waals surface area contributed by atoms with Gasteiger partial charge in [-0.2, -0.15) is 22.5 Å². The summed E-state index contributed by atoms with van der Waals surface area (Å²) in [5, 5.41) is 13.2. The topological polar surface area (TPSA) is 87.5 Å². The van der Waals surface area contributed by atoms with Crippen LogP contribution in [-0.4, -0.2) is 47.3 Å². The molecule has 0 radical (unpaired) electrons. The van der Waals surface area contributed by atoms with Crippen LogP contribution in [0.5, 0.6) is 0 Å². The number of hydrogen-bond acceptors (Lipinski definition) is 4. The maximum Gasteiger partial charge on any atom is 0.279 e. The molecule has 8 heteroatoms. The quantitative estimate of drug-likeness (QED) is 0.761. The molecule has 0 aromatic carbocycles. The smallest absolute Gasteiger partial charge is 0.279 e. The molecular formula is C11H20N4O3S. The van der Waals surface area contributed by atoms with Crippen LogP contribution in [-0.2, 0) is 23.8 Å². The highest BCUT2D eigenvalue weighted by molar-refractivity contribution is 7.87. The molecule has 1 aliphatic heterocycles. The average Bonchev–Trinajstić information content (AvgIpc) is 2.82. The number of aromatic nitrogens is 2. The van der Waals surface area contributed by atoms with Gasteiger partial charge < -0.3 is 5.11 Å². The molecule has 0 unspecified atom stereocenters. The van der Waals surface area contributed by atoms with Crippen molar-refractivity contribution in [3.8, 4) is 0 Å². The van der Waals surface area contributed by atoms with E-state index in [1.54, 1.807) is 24.0 Å². The predicted octanol–water partition coefficient (Wildman–Crippen LogP) is -0.541. The molecular weight excluding hydrogens is 268 g/mol. The number of piperidine rings is 1. The van der Waals surface area contributed by atoms with Crippen LogP contribution in [0.2, 0.25) is 0 Å². The average molecular weight is 288 g/mol. The molecule has 0 spiro atoms. The van der Waals surface area contributed by atoms with E-state index in [2.05, 4.69) is 9.82 Å². The van der Waals surface area contributed by atoms with E-state index in [0.717, 1.165) is 0 Å². The van der Waals surface area contributed by atoms with Crippen LogP contribution in [0.15, 0.2) is 12.3 Å². The molecule has 7 nitrogen and oxygen atoms in total. The number of nitrogens with zero attached hydrogens (tertiary/aromatic N) is 3. The van der Waals surface area contributed by atoms with E-state index in [1.807, 2.05) is 0 Å². The first-order chi connectivity index (χ1) is 9.01. The Morgan fingerprint density at radius 1 is 1.47 bits per heavy atom. The predicted molar refractivity (Wildman–Crippen MR) is 70.4 cm³/mol. The zero-order valence-corrected chi connectivity index (χ0v) is 11.8. The summed E-state index contributed by atoms with van der Waals surface area (Å²) in [6.45, 7) is 1.25. The minimum absolute atomic E-state index is 0.134. The third-order valence-corrected chi connectivity index (χ3v) is 4.93. The van der Waals surface area contributed by atoms with Gasteiger partial charge >= 0.3 is 0 Å². The molecule has 108 valence electrons. The summed E-state index contributed by atoms with van der Waals surface area (Å²) in [7, 11) is -1.66. The summed E-state index contributed by atoms with van der Waals surface area (Å²) in [6, 6.07) is 1.78. The number of aliphatic hydroxyl groups excluding tert-OH is 1. The normalized spacial score (nSPS) is 18.8. The van der Waals surface area contributed by atoms with Crippen LogP contribution in [0.25, 0.3) is 0 Å². The molecule has 0 saturated carbocycles. The Kier molecular flexibility index (Phi) is 4.56. The van der Waals surface area contributed by atoms with Crippen LogP contribution in [0.4, 0.5) is 0 Å². The van der Waals surface area contributed by atoms with E-state index in [4.69, 9.17) is 5.11 Å². The molecule has 2 N–H and O–H groups in total. The van der Waals surface area contributed by atoms with E-state index in [9.17, 15) is 8.42 Å². The van der Waals surface area contributed by atoms with Crippen molar-refractivity contribution in [3.63, 3.8) is 0 Å². The van der Waals surface area contributed by atoms with Gasteiger partial charge in [0.25, 0.3) is 10.2 Å². The van der Waals surface area contributed by atoms with Crippen LogP contribution in [0.3, 0.4) is 0 Å². The number of rotatable bonds is 5. The first-order valence-corrected chi connectivity index (χ1v) is 7.79. The van der Waals surface area contributed by atoms with E-state index in [1.165, 1.54) is 4.31 Å². The van der Waals surface area contributed by atoms with Gasteiger partial charge in [-0.15, -0.1) is 0 Å². The van der Waals surface area contributed by atoms with Gasteiger partial charge in [0.05, 0.1) is 12.2 Å². The summed E-state index contributed by atoms with van der Waals surface area (Å²) >= 11 is 0. The van der Waals surface area contributed by atoms with Gasteiger partial charge in [0, 0.05) is 32.9 Å². The van der Waals surface area contributed by atoms with Crippen molar-refractivity contribution in [1.29, 1.82) is 0 Å². The van der Waals surface area contributed by atoms with Gasteiger partial charge in [-0.05, 0) is 24.8 Å². The summed E-state index contributed by atoms with van der Waals surface area (Å²) in [6.07, 6.45) is 3.19. The van der Waals surface area contributed by atoms with Crippen LogP contribution in [0, 0.1) is 5.92 Å². The maximum atomic E-state index is 12.1. The molecule has 1 fully saturated rings. The first kappa shape index (κ1) is 14.4. The fraction of sp³-hybridized carbons (Fsp3) is 0.727. The van der Waals surface area contributed by atoms with Crippen molar-refractivity contribution in [2.24, 2.45) is 13.0 Å². The van der Waals surface area contributed by atoms with Crippen molar-refractivity contribution in [3.05, 3.63) is 18.0 Å². The molecule has 0 bridgehead atoms. The highest BCUT2D eigenvalue weighted by Crippen LogP contribution is 2.18. The summed E-state index contributed by atoms with van der Waals surface area (Å²) in [4.78, 5) is 0. The van der Waals surface area contributed by atoms with Crippen molar-refractivity contribution in [2.75, 3.05) is 19.7 Å². The molecule has 1 saturated heterocycles. The van der Waals surface area contributed by atoms with E-state index < -0.39 is 10.2 Å². The van der Waals surface area contributed by atoms with Crippen molar-refractivity contribution >= 4 is 10.2 Å². The summed E-state index contributed by atoms with van der Waals surface area (Å²) in [5.41, 5.74) is 0.691. The molecule has 19 heavy (non-hydrogen) atoms. The molecule has 1 aliphatic rings. The lowest BCUT2D eigenvalue weighted by Crippen LogP contribution is -2.45. The molecule has 0 aliphatic carbocycles. The van der Waals surface area contributed by atoms with Gasteiger partial charge in [-0.1, -0.05) is 0 Å². The van der Waals surface area contributed by atoms with E-state index in [0.29, 0.717) is 31.6 Å². The Balaban J connectivity index is 1.88. The lowest BCUT2D eigenvalue weighted by Gasteiger charge is -2.30. The second-order valence-corrected chi connectivity index (χ2v) is 6.59. The fourth-order valence-corrected chi connectivity index (χ4v) is 3.35. The first-order valence-electron chi connectivity index (χ1n) is 6.35. The standard InChI is InChI=1S/C11H20N4O3S/c1-14-5-4-11(13-14)8-12-19(17,18)15-6-2-10(9-16)3-7-15/h4-5,10,12,16H,2-3,6-9H2,1H3. The SMILES string of the molecule is Cn1ccc(CNS(=O)(=O)N2CCC(CO)CC2)n1. The van der Waals surface area contributed by atoms with E-state index in [-0.39, 0.29) is 19.1 Å². The highest BCUT2D eigenvalue weighted by atomic mass is 32.2. The molecule has 0 amide bonds. The Hall–Kier alpha value is -0.960. The number of aryl methyl sites for hydroxylation is 1. The van der Waals surface area contributed by atoms with Crippen LogP contribution < -0.4 is 4.72 Å². The second kappa shape index (κ2) is 6.00. The lowest BCUT2D eigenvalue weighted by atomic mass is 10.00. The Morgan fingerprint density at radius 3 is 2.68 bits per heavy atom. The third-order valence-electron chi connectivity index (χ3n) is 3.38. The molecule has 1 aromatic heterocycles. The Morgan fingerprint density at radius 2 is 2.16 bits per heavy atom. The van der Waals surface area contributed by atoms with Crippen molar-refractivity contribution in [1.82, 2.24) is 18.8 Å². The minimum Gasteiger partial charge on any atom is -0.396 e. The van der Waals surface area contributed by atoms with Crippen LogP contribution >= 0.6 is 0 Å². The van der Waals surface area contributed by atoms with Crippen LogP contribution in [0.1, 0.15) is 18.5 Å². The number of hydrogen-bond donors (Lipinski definition) is 2. The second-order valence-electron chi connectivity index (χ2n) is 4.83. The van der Waals surface area contributed by atoms with Crippen molar-refractivity contribution in [2.45, 2.75) is 19.4 Å². The monoisotopic (exact) mass is 288 g/mol. The third kappa shape index (κ3) is 3.75. The van der Waals surface area contributed by atoms with Gasteiger partial charge in [0.1, 0.15) is 0 Å². The lowest BCUT2D eigenvalue weighted by molar-refractivity contribution is 0.169. The molecule has 0 atom stereocenters. The highest BCUT2D eigenvalue weighted by Gasteiger charge is 2.27. The minimum atomic E-state index is -3.45. The molecule has 2 rings (SSSR count). The molecule has 2 heterocycles. The zero-order valence-electron chi connectivity index (χ0n) is 11.0. The number of aliphatic hydroxyl groups is 1. The maximum absolute atomic E-state index is 12.1. The fourth-order valence-electron chi connectivity index (χ4n) is 2.15. The van der Waals surface area contributed by atoms with Gasteiger partial charge in [0.2, 0.25) is 0 Å². The summed E-state index contributed by atoms with van der Waals surface area (Å²) < 4.78 is 29.8. The van der Waals surface area contributed by atoms with Gasteiger partial charge in [0.15, 0.2) is 0 Å². The Bertz CT molecular complexity index is 506. The van der Waals surface area contributed by atoms with Crippen molar-refractivity contribution < 1.29 is 13.5 Å². The summed E-state index contributed by atoms with van der Waals surface area (Å²) in [5.74, 6) is 0.224.